The Kier molecular flexibility index (Phi) is 6.80. The van der Waals surface area contributed by atoms with Crippen LogP contribution in [0.3, 0.4) is 0 Å². The van der Waals surface area contributed by atoms with Gasteiger partial charge >= 0.3 is 6.18 Å². The van der Waals surface area contributed by atoms with Gasteiger partial charge in [-0.3, -0.25) is 4.79 Å². The highest BCUT2D eigenvalue weighted by Crippen LogP contribution is 2.41. The number of amidine groups is 1. The lowest BCUT2D eigenvalue weighted by Gasteiger charge is -2.36. The molecule has 2 aromatic rings. The molecule has 0 radical (unpaired) electrons. The number of hydrogen-bond donors (Lipinski definition) is 2. The zero-order valence-corrected chi connectivity index (χ0v) is 18.0. The van der Waals surface area contributed by atoms with Gasteiger partial charge in [0.05, 0.1) is 17.2 Å². The molecule has 7 nitrogen and oxygen atoms in total. The minimum atomic E-state index is -4.82. The number of pyridine rings is 1. The molecule has 178 valence electrons. The fraction of sp³-hybridized carbons (Fsp3) is 0.350. The molecular formula is C20H18ClF5N4O3. The first-order valence-corrected chi connectivity index (χ1v) is 9.75. The standard InChI is InChI=1S/C20H18ClF5N4O3/c1-19(6-14(20(24,25)26)33-18(27)30-19)12-4-11(5-13(22)15(12)23)29-17(31)16-9(8-32-2)3-10(21)7-28-16/h3-5,7,14H,6,8H2,1-2H3,(H2,27,30)(H,29,31)/t14-,19+/m0/s1. The van der Waals surface area contributed by atoms with Crippen LogP contribution in [-0.2, 0) is 21.6 Å². The first-order chi connectivity index (χ1) is 15.3. The second-order valence-electron chi connectivity index (χ2n) is 7.44. The first-order valence-electron chi connectivity index (χ1n) is 9.37. The number of amides is 1. The molecule has 1 aliphatic rings. The van der Waals surface area contributed by atoms with Crippen molar-refractivity contribution in [1.82, 2.24) is 4.98 Å². The first kappa shape index (κ1) is 24.6. The summed E-state index contributed by atoms with van der Waals surface area (Å²) in [4.78, 5) is 20.4. The van der Waals surface area contributed by atoms with Gasteiger partial charge in [-0.05, 0) is 19.1 Å². The Balaban J connectivity index is 1.99. The van der Waals surface area contributed by atoms with Crippen molar-refractivity contribution in [2.24, 2.45) is 10.7 Å². The third kappa shape index (κ3) is 5.33. The summed E-state index contributed by atoms with van der Waals surface area (Å²) in [7, 11) is 1.39. The van der Waals surface area contributed by atoms with Crippen molar-refractivity contribution < 1.29 is 36.2 Å². The van der Waals surface area contributed by atoms with E-state index >= 15 is 0 Å². The lowest BCUT2D eigenvalue weighted by atomic mass is 9.85. The van der Waals surface area contributed by atoms with E-state index in [4.69, 9.17) is 22.1 Å². The smallest absolute Gasteiger partial charge is 0.425 e. The molecule has 1 aromatic heterocycles. The number of carbonyl (C=O) groups excluding carboxylic acids is 1. The third-order valence-corrected chi connectivity index (χ3v) is 5.09. The maximum atomic E-state index is 14.7. The van der Waals surface area contributed by atoms with Crippen LogP contribution in [0, 0.1) is 11.6 Å². The molecule has 0 aliphatic carbocycles. The summed E-state index contributed by atoms with van der Waals surface area (Å²) in [5.41, 5.74) is 2.92. The molecule has 1 amide bonds. The van der Waals surface area contributed by atoms with Crippen molar-refractivity contribution in [3.05, 3.63) is 57.9 Å². The number of anilines is 1. The van der Waals surface area contributed by atoms with Gasteiger partial charge in [-0.25, -0.2) is 18.8 Å². The summed E-state index contributed by atoms with van der Waals surface area (Å²) in [6.45, 7) is 1.15. The van der Waals surface area contributed by atoms with Gasteiger partial charge < -0.3 is 20.5 Å². The number of ether oxygens (including phenoxy) is 2. The largest absolute Gasteiger partial charge is 0.452 e. The Labute approximate surface area is 189 Å². The van der Waals surface area contributed by atoms with Crippen LogP contribution in [0.2, 0.25) is 5.02 Å². The summed E-state index contributed by atoms with van der Waals surface area (Å²) in [5, 5.41) is 2.60. The number of hydrogen-bond acceptors (Lipinski definition) is 6. The maximum absolute atomic E-state index is 14.7. The number of benzene rings is 1. The van der Waals surface area contributed by atoms with Gasteiger partial charge in [0, 0.05) is 42.6 Å². The molecule has 33 heavy (non-hydrogen) atoms. The molecule has 0 unspecified atom stereocenters. The summed E-state index contributed by atoms with van der Waals surface area (Å²) in [5.74, 6) is -3.64. The molecule has 3 rings (SSSR count). The van der Waals surface area contributed by atoms with Gasteiger partial charge in [-0.1, -0.05) is 11.6 Å². The number of methoxy groups -OCH3 is 1. The van der Waals surface area contributed by atoms with Crippen molar-refractivity contribution in [2.45, 2.75) is 37.8 Å². The van der Waals surface area contributed by atoms with E-state index in [0.717, 1.165) is 13.0 Å². The second kappa shape index (κ2) is 9.10. The van der Waals surface area contributed by atoms with E-state index in [1.54, 1.807) is 0 Å². The molecule has 1 aromatic carbocycles. The fourth-order valence-electron chi connectivity index (χ4n) is 3.41. The van der Waals surface area contributed by atoms with E-state index in [9.17, 15) is 26.7 Å². The fourth-order valence-corrected chi connectivity index (χ4v) is 3.59. The Morgan fingerprint density at radius 2 is 2.06 bits per heavy atom. The highest BCUT2D eigenvalue weighted by atomic mass is 35.5. The quantitative estimate of drug-likeness (QED) is 0.607. The van der Waals surface area contributed by atoms with Crippen LogP contribution in [0.15, 0.2) is 29.4 Å². The van der Waals surface area contributed by atoms with E-state index in [-0.39, 0.29) is 23.0 Å². The van der Waals surface area contributed by atoms with E-state index < -0.39 is 53.4 Å². The van der Waals surface area contributed by atoms with Crippen LogP contribution >= 0.6 is 11.6 Å². The van der Waals surface area contributed by atoms with Crippen LogP contribution in [-0.4, -0.2) is 36.3 Å². The molecule has 0 saturated carbocycles. The predicted molar refractivity (Wildman–Crippen MR) is 109 cm³/mol. The van der Waals surface area contributed by atoms with Gasteiger partial charge in [-0.15, -0.1) is 0 Å². The lowest BCUT2D eigenvalue weighted by Crippen LogP contribution is -2.46. The molecule has 2 heterocycles. The summed E-state index contributed by atoms with van der Waals surface area (Å²) in [6, 6.07) is 2.29. The van der Waals surface area contributed by atoms with E-state index in [0.29, 0.717) is 11.6 Å². The monoisotopic (exact) mass is 492 g/mol. The van der Waals surface area contributed by atoms with E-state index in [1.165, 1.54) is 19.4 Å². The normalized spacial score (nSPS) is 20.7. The van der Waals surface area contributed by atoms with Crippen LogP contribution in [0.4, 0.5) is 27.6 Å². The second-order valence-corrected chi connectivity index (χ2v) is 7.88. The number of aliphatic imine (C=N–C) groups is 1. The lowest BCUT2D eigenvalue weighted by molar-refractivity contribution is -0.208. The van der Waals surface area contributed by atoms with Crippen molar-refractivity contribution in [3.63, 3.8) is 0 Å². The number of aromatic nitrogens is 1. The SMILES string of the molecule is COCc1cc(Cl)cnc1C(=O)Nc1cc(F)c(F)c([C@@]2(C)C[C@@H](C(F)(F)F)OC(N)=N2)c1. The molecule has 2 atom stereocenters. The predicted octanol–water partition coefficient (Wildman–Crippen LogP) is 4.29. The number of halogens is 6. The van der Waals surface area contributed by atoms with Crippen molar-refractivity contribution in [1.29, 1.82) is 0 Å². The van der Waals surface area contributed by atoms with Gasteiger partial charge in [0.2, 0.25) is 0 Å². The molecular weight excluding hydrogens is 475 g/mol. The van der Waals surface area contributed by atoms with E-state index in [1.807, 2.05) is 0 Å². The number of nitrogens with two attached hydrogens (primary N) is 1. The Bertz CT molecular complexity index is 1110. The van der Waals surface area contributed by atoms with Gasteiger partial charge in [0.15, 0.2) is 17.7 Å². The molecule has 0 bridgehead atoms. The number of nitrogens with zero attached hydrogens (tertiary/aromatic N) is 2. The Morgan fingerprint density at radius 1 is 1.36 bits per heavy atom. The van der Waals surface area contributed by atoms with Gasteiger partial charge in [0.25, 0.3) is 11.9 Å². The molecule has 3 N–H and O–H groups in total. The van der Waals surface area contributed by atoms with Gasteiger partial charge in [-0.2, -0.15) is 13.2 Å². The molecule has 0 saturated heterocycles. The highest BCUT2D eigenvalue weighted by molar-refractivity contribution is 6.30. The summed E-state index contributed by atoms with van der Waals surface area (Å²) < 4.78 is 78.3. The minimum Gasteiger partial charge on any atom is -0.452 e. The van der Waals surface area contributed by atoms with E-state index in [2.05, 4.69) is 20.0 Å². The zero-order chi connectivity index (χ0) is 24.6. The average molecular weight is 493 g/mol. The Hall–Kier alpha value is -2.99. The van der Waals surface area contributed by atoms with Crippen LogP contribution in [0.5, 0.6) is 0 Å². The molecule has 1 aliphatic heterocycles. The van der Waals surface area contributed by atoms with Crippen LogP contribution in [0.1, 0.15) is 35.0 Å². The van der Waals surface area contributed by atoms with Crippen molar-refractivity contribution in [2.75, 3.05) is 12.4 Å². The third-order valence-electron chi connectivity index (χ3n) is 4.88. The van der Waals surface area contributed by atoms with Gasteiger partial charge in [0.1, 0.15) is 5.69 Å². The number of nitrogens with one attached hydrogen (secondary N) is 1. The minimum absolute atomic E-state index is 0.00969. The molecule has 0 spiro atoms. The molecule has 13 heteroatoms. The number of carbonyl (C=O) groups is 1. The average Bonchev–Trinajstić information content (AvgIpc) is 2.69. The summed E-state index contributed by atoms with van der Waals surface area (Å²) in [6.07, 6.45) is -6.84. The maximum Gasteiger partial charge on any atom is 0.425 e. The van der Waals surface area contributed by atoms with Crippen molar-refractivity contribution in [3.8, 4) is 0 Å². The topological polar surface area (TPSA) is 98.8 Å². The zero-order valence-electron chi connectivity index (χ0n) is 17.3. The van der Waals surface area contributed by atoms with Crippen LogP contribution in [0.25, 0.3) is 0 Å². The Morgan fingerprint density at radius 3 is 2.70 bits per heavy atom. The highest BCUT2D eigenvalue weighted by Gasteiger charge is 2.50. The van der Waals surface area contributed by atoms with Crippen molar-refractivity contribution >= 4 is 29.2 Å². The number of rotatable bonds is 5. The number of alkyl halides is 3. The molecule has 0 fully saturated rings. The summed E-state index contributed by atoms with van der Waals surface area (Å²) >= 11 is 5.88. The van der Waals surface area contributed by atoms with Crippen LogP contribution < -0.4 is 11.1 Å².